The summed E-state index contributed by atoms with van der Waals surface area (Å²) in [4.78, 5) is 44.2. The summed E-state index contributed by atoms with van der Waals surface area (Å²) >= 11 is 12.5. The van der Waals surface area contributed by atoms with Crippen LogP contribution in [-0.4, -0.2) is 28.5 Å². The lowest BCUT2D eigenvalue weighted by Crippen LogP contribution is -2.47. The molecule has 0 aliphatic carbocycles. The van der Waals surface area contributed by atoms with Gasteiger partial charge >= 0.3 is 0 Å². The molecule has 3 heterocycles. The number of imide groups is 1. The molecule has 0 unspecified atom stereocenters. The van der Waals surface area contributed by atoms with Crippen molar-refractivity contribution >= 4 is 52.6 Å². The number of carbonyl (C=O) groups is 3. The van der Waals surface area contributed by atoms with Crippen LogP contribution in [0.25, 0.3) is 6.08 Å². The molecule has 2 amide bonds. The second kappa shape index (κ2) is 7.19. The zero-order chi connectivity index (χ0) is 22.9. The maximum atomic E-state index is 13.8. The van der Waals surface area contributed by atoms with Gasteiger partial charge < -0.3 is 4.90 Å². The molecule has 0 bridgehead atoms. The Morgan fingerprint density at radius 1 is 0.969 bits per heavy atom. The summed E-state index contributed by atoms with van der Waals surface area (Å²) < 4.78 is 0. The van der Waals surface area contributed by atoms with Crippen LogP contribution in [0.1, 0.15) is 37.9 Å². The van der Waals surface area contributed by atoms with Crippen molar-refractivity contribution < 1.29 is 14.4 Å². The maximum absolute atomic E-state index is 13.8. The quantitative estimate of drug-likeness (QED) is 0.573. The van der Waals surface area contributed by atoms with Crippen LogP contribution >= 0.6 is 23.2 Å². The van der Waals surface area contributed by atoms with E-state index in [1.165, 1.54) is 6.07 Å². The largest absolute Gasteiger partial charge is 0.359 e. The van der Waals surface area contributed by atoms with Gasteiger partial charge in [-0.2, -0.15) is 0 Å². The fourth-order valence-corrected chi connectivity index (χ4v) is 5.56. The average molecular weight is 469 g/mol. The molecule has 0 N–H and O–H groups in total. The van der Waals surface area contributed by atoms with Crippen LogP contribution in [0.5, 0.6) is 0 Å². The van der Waals surface area contributed by atoms with Crippen LogP contribution < -0.4 is 4.90 Å². The number of benzene rings is 2. The van der Waals surface area contributed by atoms with Gasteiger partial charge in [0.25, 0.3) is 0 Å². The number of carbonyl (C=O) groups excluding carboxylic acids is 3. The molecule has 2 saturated heterocycles. The van der Waals surface area contributed by atoms with E-state index >= 15 is 0 Å². The van der Waals surface area contributed by atoms with Crippen molar-refractivity contribution in [2.75, 3.05) is 4.90 Å². The molecule has 7 heteroatoms. The first-order valence-corrected chi connectivity index (χ1v) is 11.3. The molecule has 0 saturated carbocycles. The molecule has 4 atom stereocenters. The zero-order valence-electron chi connectivity index (χ0n) is 17.9. The minimum atomic E-state index is -0.801. The Hall–Kier alpha value is -2.63. The number of fused-ring (bicyclic) bond motifs is 5. The predicted molar refractivity (Wildman–Crippen MR) is 124 cm³/mol. The minimum Gasteiger partial charge on any atom is -0.359 e. The van der Waals surface area contributed by atoms with Crippen LogP contribution in [0.4, 0.5) is 5.69 Å². The lowest BCUT2D eigenvalue weighted by Gasteiger charge is -2.37. The molecule has 2 aromatic carbocycles. The van der Waals surface area contributed by atoms with Crippen LogP contribution in [0, 0.1) is 17.3 Å². The first kappa shape index (κ1) is 21.2. The fourth-order valence-electron chi connectivity index (χ4n) is 5.20. The Morgan fingerprint density at radius 2 is 1.66 bits per heavy atom. The van der Waals surface area contributed by atoms with Gasteiger partial charge in [-0.25, -0.2) is 4.90 Å². The van der Waals surface area contributed by atoms with Crippen LogP contribution in [-0.2, 0) is 14.4 Å². The first-order chi connectivity index (χ1) is 15.1. The fraction of sp³-hybridized carbons (Fsp3) is 0.320. The monoisotopic (exact) mass is 468 g/mol. The number of hydrogen-bond donors (Lipinski definition) is 0. The van der Waals surface area contributed by atoms with E-state index in [4.69, 9.17) is 23.2 Å². The highest BCUT2D eigenvalue weighted by Gasteiger charge is 2.65. The van der Waals surface area contributed by atoms with Crippen molar-refractivity contribution in [2.24, 2.45) is 17.3 Å². The molecular weight excluding hydrogens is 447 g/mol. The number of ketones is 1. The summed E-state index contributed by atoms with van der Waals surface area (Å²) in [7, 11) is 0. The Bertz CT molecular complexity index is 1200. The molecular formula is C25H22Cl2N2O3. The van der Waals surface area contributed by atoms with E-state index in [9.17, 15) is 14.4 Å². The van der Waals surface area contributed by atoms with Gasteiger partial charge in [0.05, 0.1) is 28.6 Å². The summed E-state index contributed by atoms with van der Waals surface area (Å²) in [5.41, 5.74) is 1.50. The number of amides is 2. The molecule has 0 spiro atoms. The van der Waals surface area contributed by atoms with Crippen molar-refractivity contribution in [3.05, 3.63) is 69.8 Å². The average Bonchev–Trinajstić information content (AvgIpc) is 3.21. The Morgan fingerprint density at radius 3 is 2.38 bits per heavy atom. The van der Waals surface area contributed by atoms with E-state index < -0.39 is 35.2 Å². The van der Waals surface area contributed by atoms with E-state index in [1.807, 2.05) is 62.2 Å². The van der Waals surface area contributed by atoms with Gasteiger partial charge in [-0.1, -0.05) is 68.2 Å². The highest BCUT2D eigenvalue weighted by Crippen LogP contribution is 2.54. The number of rotatable bonds is 2. The van der Waals surface area contributed by atoms with Gasteiger partial charge in [-0.3, -0.25) is 14.4 Å². The van der Waals surface area contributed by atoms with Gasteiger partial charge in [0.2, 0.25) is 11.8 Å². The third-order valence-corrected chi connectivity index (χ3v) is 7.17. The van der Waals surface area contributed by atoms with E-state index in [0.717, 1.165) is 16.0 Å². The molecule has 5 nitrogen and oxygen atoms in total. The van der Waals surface area contributed by atoms with Gasteiger partial charge in [-0.15, -0.1) is 0 Å². The zero-order valence-corrected chi connectivity index (χ0v) is 19.4. The van der Waals surface area contributed by atoms with Crippen molar-refractivity contribution in [3.8, 4) is 0 Å². The smallest absolute Gasteiger partial charge is 0.240 e. The number of Topliss-reactive ketones (excluding diaryl/α,β-unsaturated/α-hetero) is 1. The number of halogens is 2. The molecule has 3 aliphatic rings. The highest BCUT2D eigenvalue weighted by molar-refractivity contribution is 6.38. The summed E-state index contributed by atoms with van der Waals surface area (Å²) in [6.07, 6.45) is 3.80. The van der Waals surface area contributed by atoms with E-state index in [0.29, 0.717) is 5.02 Å². The summed E-state index contributed by atoms with van der Waals surface area (Å²) in [5.74, 6) is -2.33. The highest BCUT2D eigenvalue weighted by atomic mass is 35.5. The standard InChI is InChI=1S/C25H22Cl2N2O3/c1-25(2,3)22(30)21-19-18(20-15-7-5-4-6-13(15)10-11-28(20)21)23(31)29(24(19)32)17-12-14(26)8-9-16(17)27/h4-12,18-21H,1-3H3/t18-,19-,20+,21-/m0/s1. The van der Waals surface area contributed by atoms with Crippen LogP contribution in [0.2, 0.25) is 10.0 Å². The molecule has 5 rings (SSSR count). The van der Waals surface area contributed by atoms with E-state index in [-0.39, 0.29) is 22.4 Å². The van der Waals surface area contributed by atoms with E-state index in [2.05, 4.69) is 0 Å². The first-order valence-electron chi connectivity index (χ1n) is 10.5. The number of hydrogen-bond acceptors (Lipinski definition) is 4. The van der Waals surface area contributed by atoms with Crippen molar-refractivity contribution in [2.45, 2.75) is 32.9 Å². The SMILES string of the molecule is CC(C)(C)C(=O)[C@@H]1[C@H]2C(=O)N(c3cc(Cl)ccc3Cl)C(=O)[C@@H]2[C@H]2c3ccccc3C=CN12. The molecule has 3 aliphatic heterocycles. The second-order valence-corrected chi connectivity index (χ2v) is 10.4. The third kappa shape index (κ3) is 2.95. The normalized spacial score (nSPS) is 26.3. The van der Waals surface area contributed by atoms with Crippen molar-refractivity contribution in [1.82, 2.24) is 4.90 Å². The van der Waals surface area contributed by atoms with Crippen molar-refractivity contribution in [3.63, 3.8) is 0 Å². The summed E-state index contributed by atoms with van der Waals surface area (Å²) in [5, 5.41) is 0.632. The van der Waals surface area contributed by atoms with E-state index in [1.54, 1.807) is 12.1 Å². The Labute approximate surface area is 196 Å². The summed E-state index contributed by atoms with van der Waals surface area (Å²) in [6.45, 7) is 5.52. The lowest BCUT2D eigenvalue weighted by atomic mass is 9.79. The maximum Gasteiger partial charge on any atom is 0.240 e. The van der Waals surface area contributed by atoms with Gasteiger partial charge in [0.1, 0.15) is 6.04 Å². The Kier molecular flexibility index (Phi) is 4.77. The molecule has 164 valence electrons. The summed E-state index contributed by atoms with van der Waals surface area (Å²) in [6, 6.07) is 11.3. The van der Waals surface area contributed by atoms with Crippen LogP contribution in [0.15, 0.2) is 48.7 Å². The van der Waals surface area contributed by atoms with Gasteiger partial charge in [-0.05, 0) is 35.4 Å². The second-order valence-electron chi connectivity index (χ2n) is 9.55. The van der Waals surface area contributed by atoms with Gasteiger partial charge in [0, 0.05) is 16.6 Å². The minimum absolute atomic E-state index is 0.0702. The lowest BCUT2D eigenvalue weighted by molar-refractivity contribution is -0.135. The third-order valence-electron chi connectivity index (χ3n) is 6.62. The van der Waals surface area contributed by atoms with Gasteiger partial charge in [0.15, 0.2) is 5.78 Å². The predicted octanol–water partition coefficient (Wildman–Crippen LogP) is 5.12. The molecule has 0 aromatic heterocycles. The molecule has 2 fully saturated rings. The number of anilines is 1. The molecule has 2 aromatic rings. The van der Waals surface area contributed by atoms with Crippen molar-refractivity contribution in [1.29, 1.82) is 0 Å². The topological polar surface area (TPSA) is 57.7 Å². The Balaban J connectivity index is 1.69. The molecule has 32 heavy (non-hydrogen) atoms. The molecule has 0 radical (unpaired) electrons. The van der Waals surface area contributed by atoms with Crippen LogP contribution in [0.3, 0.4) is 0 Å². The number of nitrogens with zero attached hydrogens (tertiary/aromatic N) is 2.